The maximum absolute atomic E-state index is 4.61. The average Bonchev–Trinajstić information content (AvgIpc) is 2.74. The van der Waals surface area contributed by atoms with E-state index in [1.165, 1.54) is 39.8 Å². The van der Waals surface area contributed by atoms with Gasteiger partial charge in [0.2, 0.25) is 0 Å². The third kappa shape index (κ3) is 2.73. The number of anilines is 1. The molecule has 1 aliphatic heterocycles. The first-order valence-electron chi connectivity index (χ1n) is 7.65. The Labute approximate surface area is 135 Å². The van der Waals surface area contributed by atoms with Crippen LogP contribution >= 0.6 is 15.9 Å². The average molecular weight is 348 g/mol. The molecule has 4 heteroatoms. The van der Waals surface area contributed by atoms with E-state index in [0.29, 0.717) is 0 Å². The van der Waals surface area contributed by atoms with Crippen molar-refractivity contribution in [2.24, 2.45) is 7.05 Å². The molecule has 0 aliphatic carbocycles. The summed E-state index contributed by atoms with van der Waals surface area (Å²) >= 11 is 3.73. The van der Waals surface area contributed by atoms with Gasteiger partial charge >= 0.3 is 0 Å². The minimum Gasteiger partial charge on any atom is -0.365 e. The summed E-state index contributed by atoms with van der Waals surface area (Å²) < 4.78 is 3.19. The van der Waals surface area contributed by atoms with E-state index in [9.17, 15) is 0 Å². The fraction of sp³-hybridized carbons (Fsp3) is 0.471. The number of fused-ring (bicyclic) bond motifs is 1. The lowest BCUT2D eigenvalue weighted by atomic mass is 9.99. The molecule has 1 aliphatic rings. The van der Waals surface area contributed by atoms with E-state index in [4.69, 9.17) is 0 Å². The molecule has 3 rings (SSSR count). The molecule has 0 radical (unpaired) electrons. The van der Waals surface area contributed by atoms with Gasteiger partial charge < -0.3 is 4.90 Å². The van der Waals surface area contributed by atoms with E-state index in [-0.39, 0.29) is 0 Å². The number of halogens is 1. The van der Waals surface area contributed by atoms with Crippen molar-refractivity contribution in [3.63, 3.8) is 0 Å². The number of nitrogens with zero attached hydrogens (tertiary/aromatic N) is 3. The number of rotatable bonds is 3. The maximum atomic E-state index is 4.61. The molecule has 0 atom stereocenters. The Kier molecular flexibility index (Phi) is 4.07. The second-order valence-electron chi connectivity index (χ2n) is 5.84. The van der Waals surface area contributed by atoms with E-state index in [1.807, 2.05) is 11.7 Å². The van der Waals surface area contributed by atoms with Crippen molar-refractivity contribution in [3.8, 4) is 0 Å². The second kappa shape index (κ2) is 5.84. The highest BCUT2D eigenvalue weighted by Crippen LogP contribution is 2.31. The highest BCUT2D eigenvalue weighted by Gasteiger charge is 2.20. The summed E-state index contributed by atoms with van der Waals surface area (Å²) in [5.41, 5.74) is 6.63. The third-order valence-electron chi connectivity index (χ3n) is 4.29. The van der Waals surface area contributed by atoms with Crippen molar-refractivity contribution in [3.05, 3.63) is 45.2 Å². The molecule has 21 heavy (non-hydrogen) atoms. The van der Waals surface area contributed by atoms with Crippen molar-refractivity contribution in [2.45, 2.75) is 39.7 Å². The third-order valence-corrected chi connectivity index (χ3v) is 5.21. The molecule has 1 aromatic heterocycles. The van der Waals surface area contributed by atoms with Crippen molar-refractivity contribution in [1.29, 1.82) is 0 Å². The lowest BCUT2D eigenvalue weighted by Crippen LogP contribution is -2.29. The van der Waals surface area contributed by atoms with Gasteiger partial charge in [-0.3, -0.25) is 4.68 Å². The van der Waals surface area contributed by atoms with Crippen LogP contribution in [0.3, 0.4) is 0 Å². The lowest BCUT2D eigenvalue weighted by Gasteiger charge is -2.31. The van der Waals surface area contributed by atoms with Gasteiger partial charge in [-0.1, -0.05) is 24.6 Å². The second-order valence-corrected chi connectivity index (χ2v) is 6.63. The zero-order valence-corrected chi connectivity index (χ0v) is 14.6. The number of hydrogen-bond acceptors (Lipinski definition) is 2. The standard InChI is InChI=1S/C17H22BrN3/c1-4-14-17(18)16(20(3)19-14)11-21-9-5-6-13-10-12(2)7-8-15(13)21/h7-8,10H,4-6,9,11H2,1-3H3. The van der Waals surface area contributed by atoms with E-state index < -0.39 is 0 Å². The quantitative estimate of drug-likeness (QED) is 0.836. The van der Waals surface area contributed by atoms with Gasteiger partial charge in [0.05, 0.1) is 22.4 Å². The van der Waals surface area contributed by atoms with Gasteiger partial charge in [-0.15, -0.1) is 0 Å². The molecule has 2 aromatic rings. The van der Waals surface area contributed by atoms with Crippen LogP contribution in [0, 0.1) is 6.92 Å². The molecule has 0 bridgehead atoms. The first kappa shape index (κ1) is 14.6. The molecule has 0 spiro atoms. The van der Waals surface area contributed by atoms with Crippen molar-refractivity contribution >= 4 is 21.6 Å². The largest absolute Gasteiger partial charge is 0.365 e. The van der Waals surface area contributed by atoms with Gasteiger partial charge in [-0.05, 0) is 53.7 Å². The van der Waals surface area contributed by atoms with E-state index in [2.05, 4.69) is 58.0 Å². The van der Waals surface area contributed by atoms with E-state index >= 15 is 0 Å². The Morgan fingerprint density at radius 2 is 2.14 bits per heavy atom. The topological polar surface area (TPSA) is 21.1 Å². The van der Waals surface area contributed by atoms with Crippen molar-refractivity contribution in [1.82, 2.24) is 9.78 Å². The highest BCUT2D eigenvalue weighted by atomic mass is 79.9. The molecule has 1 aromatic carbocycles. The molecular weight excluding hydrogens is 326 g/mol. The number of aromatic nitrogens is 2. The molecule has 0 unspecified atom stereocenters. The Morgan fingerprint density at radius 1 is 1.33 bits per heavy atom. The number of hydrogen-bond donors (Lipinski definition) is 0. The molecule has 0 saturated heterocycles. The summed E-state index contributed by atoms with van der Waals surface area (Å²) in [6, 6.07) is 6.82. The summed E-state index contributed by atoms with van der Waals surface area (Å²) in [7, 11) is 2.04. The lowest BCUT2D eigenvalue weighted by molar-refractivity contribution is 0.640. The first-order valence-corrected chi connectivity index (χ1v) is 8.44. The molecule has 0 amide bonds. The summed E-state index contributed by atoms with van der Waals surface area (Å²) in [4.78, 5) is 2.49. The van der Waals surface area contributed by atoms with Crippen LogP contribution in [0.2, 0.25) is 0 Å². The van der Waals surface area contributed by atoms with Crippen LogP contribution in [0.15, 0.2) is 22.7 Å². The number of aryl methyl sites for hydroxylation is 4. The summed E-state index contributed by atoms with van der Waals surface area (Å²) in [6.07, 6.45) is 3.39. The van der Waals surface area contributed by atoms with Crippen molar-refractivity contribution in [2.75, 3.05) is 11.4 Å². The maximum Gasteiger partial charge on any atom is 0.0767 e. The van der Waals surface area contributed by atoms with E-state index in [1.54, 1.807) is 0 Å². The highest BCUT2D eigenvalue weighted by molar-refractivity contribution is 9.10. The Bertz CT molecular complexity index is 660. The molecule has 2 heterocycles. The van der Waals surface area contributed by atoms with Crippen LogP contribution in [0.1, 0.15) is 35.9 Å². The van der Waals surface area contributed by atoms with Gasteiger partial charge in [-0.25, -0.2) is 0 Å². The van der Waals surface area contributed by atoms with Crippen LogP contribution in [0.25, 0.3) is 0 Å². The summed E-state index contributed by atoms with van der Waals surface area (Å²) in [5.74, 6) is 0. The normalized spacial score (nSPS) is 14.4. The smallest absolute Gasteiger partial charge is 0.0767 e. The minimum absolute atomic E-state index is 0.917. The van der Waals surface area contributed by atoms with Crippen molar-refractivity contribution < 1.29 is 0 Å². The molecule has 0 saturated carbocycles. The predicted octanol–water partition coefficient (Wildman–Crippen LogP) is 4.01. The monoisotopic (exact) mass is 347 g/mol. The molecule has 0 fully saturated rings. The zero-order valence-electron chi connectivity index (χ0n) is 13.0. The fourth-order valence-corrected chi connectivity index (χ4v) is 3.88. The number of benzene rings is 1. The van der Waals surface area contributed by atoms with E-state index in [0.717, 1.165) is 25.2 Å². The van der Waals surface area contributed by atoms with Gasteiger partial charge in [0.15, 0.2) is 0 Å². The SMILES string of the molecule is CCc1nn(C)c(CN2CCCc3cc(C)ccc32)c1Br. The minimum atomic E-state index is 0.917. The molecule has 112 valence electrons. The van der Waals surface area contributed by atoms with Crippen LogP contribution in [-0.2, 0) is 26.4 Å². The van der Waals surface area contributed by atoms with Gasteiger partial charge in [0, 0.05) is 19.3 Å². The predicted molar refractivity (Wildman–Crippen MR) is 90.8 cm³/mol. The van der Waals surface area contributed by atoms with Crippen LogP contribution in [0.5, 0.6) is 0 Å². The fourth-order valence-electron chi connectivity index (χ4n) is 3.14. The molecule has 3 nitrogen and oxygen atoms in total. The Morgan fingerprint density at radius 3 is 2.86 bits per heavy atom. The Balaban J connectivity index is 1.92. The first-order chi connectivity index (χ1) is 10.1. The molecule has 0 N–H and O–H groups in total. The summed E-state index contributed by atoms with van der Waals surface area (Å²) in [6.45, 7) is 6.36. The van der Waals surface area contributed by atoms with Crippen LogP contribution in [-0.4, -0.2) is 16.3 Å². The van der Waals surface area contributed by atoms with Crippen LogP contribution in [0.4, 0.5) is 5.69 Å². The summed E-state index contributed by atoms with van der Waals surface area (Å²) in [5, 5.41) is 4.61. The van der Waals surface area contributed by atoms with Crippen LogP contribution < -0.4 is 4.90 Å². The molecular formula is C17H22BrN3. The Hall–Kier alpha value is -1.29. The van der Waals surface area contributed by atoms with Gasteiger partial charge in [0.1, 0.15) is 0 Å². The van der Waals surface area contributed by atoms with Gasteiger partial charge in [-0.2, -0.15) is 5.10 Å². The van der Waals surface area contributed by atoms with Gasteiger partial charge in [0.25, 0.3) is 0 Å². The zero-order chi connectivity index (χ0) is 15.0.